The van der Waals surface area contributed by atoms with Crippen molar-refractivity contribution >= 4 is 32.2 Å². The number of rotatable bonds is 3. The summed E-state index contributed by atoms with van der Waals surface area (Å²) in [6, 6.07) is 7.91. The lowest BCUT2D eigenvalue weighted by Crippen LogP contribution is -2.09. The first-order chi connectivity index (χ1) is 8.38. The van der Waals surface area contributed by atoms with Gasteiger partial charge in [0.05, 0.1) is 15.0 Å². The minimum atomic E-state index is -3.78. The molecule has 0 amide bonds. The van der Waals surface area contributed by atoms with E-state index in [1.165, 1.54) is 36.4 Å². The Balaban J connectivity index is 2.35. The Hall–Kier alpha value is -1.09. The fourth-order valence-corrected chi connectivity index (χ4v) is 4.52. The molecule has 1 aromatic carbocycles. The summed E-state index contributed by atoms with van der Waals surface area (Å²) in [7, 11) is -5.32. The minimum Gasteiger partial charge on any atom is -0.248 e. The highest BCUT2D eigenvalue weighted by atomic mass is 32.3. The van der Waals surface area contributed by atoms with E-state index < -0.39 is 26.6 Å². The topological polar surface area (TPSA) is 77.2 Å². The van der Waals surface area contributed by atoms with Crippen molar-refractivity contribution in [2.45, 2.75) is 13.3 Å². The molecule has 0 bridgehead atoms. The van der Waals surface area contributed by atoms with E-state index in [2.05, 4.69) is 0 Å². The van der Waals surface area contributed by atoms with Gasteiger partial charge in [-0.3, -0.25) is 0 Å². The SMILES string of the molecule is NS(=O)(=O)c1ccc([S@@](=O)c2ccc(F)cc2)s1. The Morgan fingerprint density at radius 3 is 2.22 bits per heavy atom. The van der Waals surface area contributed by atoms with Gasteiger partial charge in [0.15, 0.2) is 0 Å². The second-order valence-corrected chi connectivity index (χ2v) is 7.92. The van der Waals surface area contributed by atoms with E-state index in [0.717, 1.165) is 11.3 Å². The number of benzene rings is 1. The number of sulfonamides is 1. The van der Waals surface area contributed by atoms with Crippen LogP contribution >= 0.6 is 11.3 Å². The molecule has 1 heterocycles. The van der Waals surface area contributed by atoms with Gasteiger partial charge in [-0.2, -0.15) is 0 Å². The molecule has 0 aliphatic carbocycles. The molecular formula is C10H8FNO3S3. The van der Waals surface area contributed by atoms with E-state index in [0.29, 0.717) is 9.10 Å². The number of nitrogens with two attached hydrogens (primary N) is 1. The molecule has 96 valence electrons. The molecule has 0 aliphatic heterocycles. The van der Waals surface area contributed by atoms with Crippen LogP contribution in [0, 0.1) is 5.82 Å². The first-order valence-electron chi connectivity index (χ1n) is 4.68. The molecule has 0 fully saturated rings. The summed E-state index contributed by atoms with van der Waals surface area (Å²) < 4.78 is 47.3. The standard InChI is InChI=1S/C10H8FNO3S3/c11-7-1-3-8(4-2-7)17(13)9-5-6-10(16-9)18(12,14)15/h1-6H,(H2,12,14,15)/t17-/m0/s1. The number of hydrogen-bond donors (Lipinski definition) is 1. The molecule has 0 spiro atoms. The summed E-state index contributed by atoms with van der Waals surface area (Å²) >= 11 is 0.840. The maximum absolute atomic E-state index is 12.7. The highest BCUT2D eigenvalue weighted by Gasteiger charge is 2.15. The monoisotopic (exact) mass is 305 g/mol. The summed E-state index contributed by atoms with van der Waals surface area (Å²) in [4.78, 5) is 0.402. The van der Waals surface area contributed by atoms with Crippen molar-refractivity contribution in [3.8, 4) is 0 Å². The van der Waals surface area contributed by atoms with Crippen LogP contribution in [0.5, 0.6) is 0 Å². The Bertz CT molecular complexity index is 691. The number of primary sulfonamides is 1. The molecule has 18 heavy (non-hydrogen) atoms. The Morgan fingerprint density at radius 2 is 1.72 bits per heavy atom. The van der Waals surface area contributed by atoms with Crippen LogP contribution in [0.15, 0.2) is 49.7 Å². The molecule has 4 nitrogen and oxygen atoms in total. The summed E-state index contributed by atoms with van der Waals surface area (Å²) in [5.41, 5.74) is 0. The molecule has 1 aromatic heterocycles. The zero-order chi connectivity index (χ0) is 13.3. The molecule has 8 heteroatoms. The van der Waals surface area contributed by atoms with Crippen LogP contribution in [0.2, 0.25) is 0 Å². The maximum Gasteiger partial charge on any atom is 0.247 e. The predicted molar refractivity (Wildman–Crippen MR) is 66.8 cm³/mol. The maximum atomic E-state index is 12.7. The highest BCUT2D eigenvalue weighted by molar-refractivity contribution is 7.92. The van der Waals surface area contributed by atoms with Crippen molar-refractivity contribution in [2.75, 3.05) is 0 Å². The third-order valence-electron chi connectivity index (χ3n) is 2.05. The van der Waals surface area contributed by atoms with E-state index in [4.69, 9.17) is 5.14 Å². The van der Waals surface area contributed by atoms with E-state index in [-0.39, 0.29) is 4.21 Å². The lowest BCUT2D eigenvalue weighted by Gasteiger charge is -1.98. The number of halogens is 1. The summed E-state index contributed by atoms with van der Waals surface area (Å²) in [6.07, 6.45) is 0. The van der Waals surface area contributed by atoms with Gasteiger partial charge in [-0.15, -0.1) is 11.3 Å². The molecule has 0 saturated carbocycles. The van der Waals surface area contributed by atoms with Crippen molar-refractivity contribution in [2.24, 2.45) is 5.14 Å². The van der Waals surface area contributed by atoms with Crippen LogP contribution in [0.4, 0.5) is 4.39 Å². The van der Waals surface area contributed by atoms with Gasteiger partial charge in [-0.1, -0.05) is 0 Å². The molecule has 2 rings (SSSR count). The second-order valence-electron chi connectivity index (χ2n) is 3.34. The fourth-order valence-electron chi connectivity index (χ4n) is 1.23. The average molecular weight is 305 g/mol. The molecule has 0 aliphatic rings. The van der Waals surface area contributed by atoms with Gasteiger partial charge < -0.3 is 0 Å². The Labute approximate surface area is 110 Å². The van der Waals surface area contributed by atoms with Gasteiger partial charge >= 0.3 is 0 Å². The summed E-state index contributed by atoms with van der Waals surface area (Å²) in [5, 5.41) is 4.96. The lowest BCUT2D eigenvalue weighted by atomic mass is 10.4. The quantitative estimate of drug-likeness (QED) is 0.937. The van der Waals surface area contributed by atoms with Crippen LogP contribution in [-0.4, -0.2) is 12.6 Å². The fraction of sp³-hybridized carbons (Fsp3) is 0. The van der Waals surface area contributed by atoms with E-state index in [1.807, 2.05) is 0 Å². The smallest absolute Gasteiger partial charge is 0.247 e. The number of hydrogen-bond acceptors (Lipinski definition) is 4. The highest BCUT2D eigenvalue weighted by Crippen LogP contribution is 2.26. The first-order valence-corrected chi connectivity index (χ1v) is 8.19. The average Bonchev–Trinajstić information content (AvgIpc) is 2.78. The summed E-state index contributed by atoms with van der Waals surface area (Å²) in [5.74, 6) is -0.424. The molecular weight excluding hydrogens is 297 g/mol. The van der Waals surface area contributed by atoms with E-state index >= 15 is 0 Å². The molecule has 0 radical (unpaired) electrons. The van der Waals surface area contributed by atoms with Crippen molar-refractivity contribution in [1.82, 2.24) is 0 Å². The molecule has 2 aromatic rings. The molecule has 0 saturated heterocycles. The third-order valence-corrected chi connectivity index (χ3v) is 6.27. The van der Waals surface area contributed by atoms with Gasteiger partial charge in [0, 0.05) is 4.90 Å². The van der Waals surface area contributed by atoms with Gasteiger partial charge in [0.2, 0.25) is 10.0 Å². The van der Waals surface area contributed by atoms with Crippen LogP contribution < -0.4 is 5.14 Å². The third kappa shape index (κ3) is 2.83. The van der Waals surface area contributed by atoms with Crippen molar-refractivity contribution in [3.05, 3.63) is 42.2 Å². The number of thiophene rings is 1. The van der Waals surface area contributed by atoms with Crippen molar-refractivity contribution in [3.63, 3.8) is 0 Å². The second kappa shape index (κ2) is 4.88. The van der Waals surface area contributed by atoms with Crippen LogP contribution in [0.3, 0.4) is 0 Å². The van der Waals surface area contributed by atoms with E-state index in [1.54, 1.807) is 0 Å². The Kier molecular flexibility index (Phi) is 3.62. The van der Waals surface area contributed by atoms with Crippen LogP contribution in [0.25, 0.3) is 0 Å². The molecule has 2 N–H and O–H groups in total. The van der Waals surface area contributed by atoms with Gasteiger partial charge in [0.25, 0.3) is 0 Å². The zero-order valence-corrected chi connectivity index (χ0v) is 11.3. The van der Waals surface area contributed by atoms with Crippen molar-refractivity contribution < 1.29 is 17.0 Å². The summed E-state index contributed by atoms with van der Waals surface area (Å²) in [6.45, 7) is 0. The predicted octanol–water partition coefficient (Wildman–Crippen LogP) is 1.70. The zero-order valence-electron chi connectivity index (χ0n) is 8.87. The lowest BCUT2D eigenvalue weighted by molar-refractivity contribution is 0.599. The first kappa shape index (κ1) is 13.3. The largest absolute Gasteiger partial charge is 0.248 e. The van der Waals surface area contributed by atoms with Gasteiger partial charge in [-0.25, -0.2) is 22.2 Å². The molecule has 1 atom stereocenters. The van der Waals surface area contributed by atoms with E-state index in [9.17, 15) is 17.0 Å². The Morgan fingerprint density at radius 1 is 1.11 bits per heavy atom. The minimum absolute atomic E-state index is 0.0482. The van der Waals surface area contributed by atoms with Crippen molar-refractivity contribution in [1.29, 1.82) is 0 Å². The molecule has 0 unspecified atom stereocenters. The van der Waals surface area contributed by atoms with Crippen LogP contribution in [0.1, 0.15) is 0 Å². The van der Waals surface area contributed by atoms with Gasteiger partial charge in [0.1, 0.15) is 10.0 Å². The van der Waals surface area contributed by atoms with Crippen LogP contribution in [-0.2, 0) is 20.8 Å². The normalized spacial score (nSPS) is 13.4. The van der Waals surface area contributed by atoms with Gasteiger partial charge in [-0.05, 0) is 36.4 Å².